The highest BCUT2D eigenvalue weighted by Gasteiger charge is 2.45. The molecule has 3 heterocycles. The van der Waals surface area contributed by atoms with Gasteiger partial charge >= 0.3 is 10.3 Å². The van der Waals surface area contributed by atoms with E-state index in [1.54, 1.807) is 0 Å². The van der Waals surface area contributed by atoms with Crippen molar-refractivity contribution in [3.63, 3.8) is 0 Å². The molecule has 2 aromatic rings. The molecule has 0 bridgehead atoms. The lowest BCUT2D eigenvalue weighted by molar-refractivity contribution is -0.0531. The SMILES string of the molecule is N#CCSc1nn([C@@H]2O[C@H](COS(N)(=O)=O)[C@@H](O)[C@H]2O)c2ncnc(N)c12. The maximum atomic E-state index is 10.9. The Morgan fingerprint density at radius 3 is 2.81 bits per heavy atom. The summed E-state index contributed by atoms with van der Waals surface area (Å²) in [6.07, 6.45) is -4.13. The number of thioether (sulfide) groups is 1. The van der Waals surface area contributed by atoms with Crippen molar-refractivity contribution >= 4 is 38.9 Å². The van der Waals surface area contributed by atoms with Gasteiger partial charge in [-0.2, -0.15) is 18.8 Å². The molecule has 6 N–H and O–H groups in total. The summed E-state index contributed by atoms with van der Waals surface area (Å²) in [4.78, 5) is 7.96. The second-order valence-electron chi connectivity index (χ2n) is 5.48. The van der Waals surface area contributed by atoms with Crippen LogP contribution in [0.1, 0.15) is 6.23 Å². The van der Waals surface area contributed by atoms with Crippen molar-refractivity contribution < 1.29 is 27.6 Å². The van der Waals surface area contributed by atoms with E-state index in [2.05, 4.69) is 19.2 Å². The quantitative estimate of drug-likeness (QED) is 0.371. The fraction of sp³-hybridized carbons (Fsp3) is 0.500. The summed E-state index contributed by atoms with van der Waals surface area (Å²) in [6, 6.07) is 1.96. The van der Waals surface area contributed by atoms with E-state index < -0.39 is 41.5 Å². The number of hydrogen-bond acceptors (Lipinski definition) is 12. The first-order valence-corrected chi connectivity index (χ1v) is 9.86. The summed E-state index contributed by atoms with van der Waals surface area (Å²) >= 11 is 1.09. The number of nitrogens with zero attached hydrogens (tertiary/aromatic N) is 5. The Labute approximate surface area is 157 Å². The highest BCUT2D eigenvalue weighted by atomic mass is 32.2. The molecule has 0 aliphatic carbocycles. The highest BCUT2D eigenvalue weighted by molar-refractivity contribution is 7.99. The molecule has 1 aliphatic rings. The smallest absolute Gasteiger partial charge is 0.333 e. The van der Waals surface area contributed by atoms with Crippen molar-refractivity contribution in [1.82, 2.24) is 19.7 Å². The molecule has 146 valence electrons. The molecule has 3 rings (SSSR count). The molecule has 1 saturated heterocycles. The van der Waals surface area contributed by atoms with Gasteiger partial charge in [0, 0.05) is 0 Å². The Morgan fingerprint density at radius 1 is 1.41 bits per heavy atom. The summed E-state index contributed by atoms with van der Waals surface area (Å²) in [5, 5.41) is 39.0. The number of aliphatic hydroxyl groups excluding tert-OH is 2. The van der Waals surface area contributed by atoms with E-state index in [0.29, 0.717) is 10.4 Å². The lowest BCUT2D eigenvalue weighted by atomic mass is 10.1. The molecule has 0 saturated carbocycles. The average Bonchev–Trinajstić information content (AvgIpc) is 3.10. The summed E-state index contributed by atoms with van der Waals surface area (Å²) in [7, 11) is -4.25. The zero-order valence-electron chi connectivity index (χ0n) is 13.5. The first kappa shape index (κ1) is 19.7. The first-order chi connectivity index (χ1) is 12.7. The first-order valence-electron chi connectivity index (χ1n) is 7.40. The van der Waals surface area contributed by atoms with Crippen molar-refractivity contribution in [3.05, 3.63) is 6.33 Å². The van der Waals surface area contributed by atoms with E-state index in [1.807, 2.05) is 6.07 Å². The third kappa shape index (κ3) is 3.96. The highest BCUT2D eigenvalue weighted by Crippen LogP contribution is 2.35. The van der Waals surface area contributed by atoms with Crippen LogP contribution in [0.2, 0.25) is 0 Å². The van der Waals surface area contributed by atoms with Gasteiger partial charge in [-0.25, -0.2) is 19.8 Å². The number of nitriles is 1. The van der Waals surface area contributed by atoms with Crippen LogP contribution in [0.15, 0.2) is 11.4 Å². The molecule has 0 aromatic carbocycles. The average molecular weight is 417 g/mol. The lowest BCUT2D eigenvalue weighted by Crippen LogP contribution is -2.35. The molecule has 15 heteroatoms. The van der Waals surface area contributed by atoms with Gasteiger partial charge in [-0.1, -0.05) is 11.8 Å². The van der Waals surface area contributed by atoms with Crippen molar-refractivity contribution in [3.8, 4) is 6.07 Å². The normalized spacial score (nSPS) is 25.7. The van der Waals surface area contributed by atoms with Gasteiger partial charge in [0.05, 0.1) is 23.8 Å². The van der Waals surface area contributed by atoms with Crippen LogP contribution in [0.25, 0.3) is 11.0 Å². The molecule has 0 amide bonds. The molecule has 13 nitrogen and oxygen atoms in total. The van der Waals surface area contributed by atoms with E-state index in [0.717, 1.165) is 11.8 Å². The number of fused-ring (bicyclic) bond motifs is 1. The summed E-state index contributed by atoms with van der Waals surface area (Å²) in [5.74, 6) is 0.205. The molecule has 4 atom stereocenters. The molecule has 0 unspecified atom stereocenters. The van der Waals surface area contributed by atoms with Gasteiger partial charge in [0.1, 0.15) is 35.5 Å². The lowest BCUT2D eigenvalue weighted by Gasteiger charge is -2.15. The monoisotopic (exact) mass is 417 g/mol. The Balaban J connectivity index is 1.95. The van der Waals surface area contributed by atoms with Gasteiger partial charge < -0.3 is 20.7 Å². The minimum Gasteiger partial charge on any atom is -0.387 e. The standard InChI is InChI=1S/C12H15N7O6S2/c13-1-2-26-11-6-9(14)16-4-17-10(6)19(18-11)12-8(21)7(20)5(25-12)3-24-27(15,22)23/h4-5,7-8,12,20-21H,2-3H2,(H2,14,16,17)(H2,15,22,23)/t5-,7-,8-,12-/m1/s1. The predicted octanol–water partition coefficient (Wildman–Crippen LogP) is -2.14. The third-order valence-corrected chi connectivity index (χ3v) is 5.03. The number of nitrogen functional groups attached to an aromatic ring is 1. The number of rotatable bonds is 6. The molecule has 2 aromatic heterocycles. The fourth-order valence-electron chi connectivity index (χ4n) is 2.57. The largest absolute Gasteiger partial charge is 0.387 e. The Kier molecular flexibility index (Phi) is 5.48. The number of aliphatic hydroxyl groups is 2. The number of hydrogen-bond donors (Lipinski definition) is 4. The summed E-state index contributed by atoms with van der Waals surface area (Å²) in [5.41, 5.74) is 6.09. The van der Waals surface area contributed by atoms with E-state index in [-0.39, 0.29) is 17.2 Å². The van der Waals surface area contributed by atoms with Gasteiger partial charge in [-0.05, 0) is 0 Å². The Morgan fingerprint density at radius 2 is 2.15 bits per heavy atom. The van der Waals surface area contributed by atoms with Crippen LogP contribution in [-0.4, -0.2) is 69.1 Å². The van der Waals surface area contributed by atoms with E-state index >= 15 is 0 Å². The van der Waals surface area contributed by atoms with Crippen LogP contribution < -0.4 is 10.9 Å². The van der Waals surface area contributed by atoms with Crippen LogP contribution >= 0.6 is 11.8 Å². The number of nitrogens with two attached hydrogens (primary N) is 2. The van der Waals surface area contributed by atoms with Gasteiger partial charge in [0.2, 0.25) is 0 Å². The number of aromatic nitrogens is 4. The summed E-state index contributed by atoms with van der Waals surface area (Å²) < 4.78 is 33.0. The van der Waals surface area contributed by atoms with Crippen LogP contribution in [0.4, 0.5) is 5.82 Å². The van der Waals surface area contributed by atoms with Crippen LogP contribution in [0, 0.1) is 11.3 Å². The molecular weight excluding hydrogens is 402 g/mol. The van der Waals surface area contributed by atoms with Crippen molar-refractivity contribution in [2.24, 2.45) is 5.14 Å². The minimum atomic E-state index is -4.25. The Bertz CT molecular complexity index is 990. The molecular formula is C12H15N7O6S2. The van der Waals surface area contributed by atoms with Gasteiger partial charge in [0.15, 0.2) is 11.9 Å². The Hall–Kier alpha value is -2.06. The maximum absolute atomic E-state index is 10.9. The molecule has 27 heavy (non-hydrogen) atoms. The van der Waals surface area contributed by atoms with Crippen LogP contribution in [0.5, 0.6) is 0 Å². The van der Waals surface area contributed by atoms with Crippen molar-refractivity contribution in [2.45, 2.75) is 29.6 Å². The predicted molar refractivity (Wildman–Crippen MR) is 91.1 cm³/mol. The third-order valence-electron chi connectivity index (χ3n) is 3.73. The van der Waals surface area contributed by atoms with E-state index in [1.165, 1.54) is 11.0 Å². The van der Waals surface area contributed by atoms with Crippen molar-refractivity contribution in [2.75, 3.05) is 18.1 Å². The van der Waals surface area contributed by atoms with E-state index in [4.69, 9.17) is 20.9 Å². The van der Waals surface area contributed by atoms with Crippen LogP contribution in [0.3, 0.4) is 0 Å². The fourth-order valence-corrected chi connectivity index (χ4v) is 3.58. The summed E-state index contributed by atoms with van der Waals surface area (Å²) in [6.45, 7) is -0.597. The zero-order chi connectivity index (χ0) is 19.8. The zero-order valence-corrected chi connectivity index (χ0v) is 15.2. The molecule has 1 fully saturated rings. The second-order valence-corrected chi connectivity index (χ2v) is 7.66. The molecule has 1 aliphatic heterocycles. The van der Waals surface area contributed by atoms with Gasteiger partial charge in [0.25, 0.3) is 0 Å². The van der Waals surface area contributed by atoms with Crippen molar-refractivity contribution in [1.29, 1.82) is 5.26 Å². The van der Waals surface area contributed by atoms with E-state index in [9.17, 15) is 18.6 Å². The topological polar surface area (TPSA) is 212 Å². The number of ether oxygens (including phenoxy) is 1. The number of anilines is 1. The maximum Gasteiger partial charge on any atom is 0.333 e. The second kappa shape index (κ2) is 7.52. The van der Waals surface area contributed by atoms with Gasteiger partial charge in [-0.15, -0.1) is 0 Å². The van der Waals surface area contributed by atoms with Gasteiger partial charge in [-0.3, -0.25) is 4.18 Å². The molecule has 0 radical (unpaired) electrons. The van der Waals surface area contributed by atoms with Crippen LogP contribution in [-0.2, 0) is 19.2 Å². The molecule has 0 spiro atoms. The minimum absolute atomic E-state index is 0.0853.